The molecular weight excluding hydrogens is 447 g/mol. The molecule has 0 atom stereocenters. The van der Waals surface area contributed by atoms with Crippen molar-refractivity contribution in [2.75, 3.05) is 0 Å². The van der Waals surface area contributed by atoms with Crippen molar-refractivity contribution in [2.24, 2.45) is 7.05 Å². The summed E-state index contributed by atoms with van der Waals surface area (Å²) in [6.45, 7) is 0. The molecule has 4 rings (SSSR count). The molecule has 0 bridgehead atoms. The number of nitriles is 1. The van der Waals surface area contributed by atoms with Gasteiger partial charge in [-0.05, 0) is 24.3 Å². The van der Waals surface area contributed by atoms with Gasteiger partial charge in [0.15, 0.2) is 5.75 Å². The Morgan fingerprint density at radius 1 is 1.06 bits per heavy atom. The van der Waals surface area contributed by atoms with Crippen LogP contribution in [0, 0.1) is 11.3 Å². The molecule has 2 heterocycles. The van der Waals surface area contributed by atoms with E-state index in [1.165, 1.54) is 19.2 Å². The van der Waals surface area contributed by atoms with E-state index in [1.54, 1.807) is 30.3 Å². The highest BCUT2D eigenvalue weighted by atomic mass is 35.5. The summed E-state index contributed by atoms with van der Waals surface area (Å²) in [5.41, 5.74) is -2.50. The number of H-pyrrole nitrogens is 1. The van der Waals surface area contributed by atoms with Crippen LogP contribution in [0.15, 0.2) is 50.8 Å². The molecule has 0 amide bonds. The van der Waals surface area contributed by atoms with E-state index in [2.05, 4.69) is 10.2 Å². The minimum Gasteiger partial charge on any atom is -0.434 e. The Kier molecular flexibility index (Phi) is 5.06. The van der Waals surface area contributed by atoms with Gasteiger partial charge in [0.25, 0.3) is 11.1 Å². The van der Waals surface area contributed by atoms with Gasteiger partial charge in [0, 0.05) is 7.05 Å². The van der Waals surface area contributed by atoms with Crippen LogP contribution in [-0.4, -0.2) is 24.5 Å². The molecule has 0 saturated carbocycles. The maximum atomic E-state index is 12.3. The minimum atomic E-state index is -0.909. The molecule has 0 unspecified atom stereocenters. The number of hydrogen-bond acceptors (Lipinski definition) is 7. The van der Waals surface area contributed by atoms with Crippen LogP contribution < -0.4 is 21.5 Å². The number of rotatable bonds is 3. The Hall–Kier alpha value is -3.94. The van der Waals surface area contributed by atoms with Crippen molar-refractivity contribution in [3.05, 3.63) is 83.3 Å². The van der Waals surface area contributed by atoms with E-state index < -0.39 is 16.9 Å². The number of aromatic nitrogens is 5. The lowest BCUT2D eigenvalue weighted by Gasteiger charge is -2.13. The fourth-order valence-corrected chi connectivity index (χ4v) is 3.41. The topological polar surface area (TPSA) is 136 Å². The quantitative estimate of drug-likeness (QED) is 0.498. The zero-order valence-corrected chi connectivity index (χ0v) is 17.1. The number of hydrogen-bond donors (Lipinski definition) is 1. The van der Waals surface area contributed by atoms with Crippen LogP contribution >= 0.6 is 23.2 Å². The smallest absolute Gasteiger partial charge is 0.349 e. The molecule has 0 radical (unpaired) electrons. The largest absolute Gasteiger partial charge is 0.434 e. The normalized spacial score (nSPS) is 10.8. The maximum Gasteiger partial charge on any atom is 0.349 e. The van der Waals surface area contributed by atoms with Gasteiger partial charge in [-0.3, -0.25) is 14.6 Å². The standard InChI is InChI=1S/C19H10Cl2N6O4/c1-26-18(29)11-5-3-2-4-10(11)17(25-26)31-15-12(20)6-9(7-13(15)21)27-19(30)23-16(28)14(8-22)24-27/h2-7H,1H3,(H,23,28,30). The summed E-state index contributed by atoms with van der Waals surface area (Å²) < 4.78 is 7.73. The van der Waals surface area contributed by atoms with E-state index in [4.69, 9.17) is 33.2 Å². The molecule has 4 aromatic rings. The first-order chi connectivity index (χ1) is 14.8. The zero-order chi connectivity index (χ0) is 22.3. The Bertz CT molecular complexity index is 1560. The van der Waals surface area contributed by atoms with Gasteiger partial charge in [0.05, 0.1) is 26.5 Å². The van der Waals surface area contributed by atoms with E-state index in [0.29, 0.717) is 10.8 Å². The van der Waals surface area contributed by atoms with Gasteiger partial charge in [-0.1, -0.05) is 35.3 Å². The molecule has 2 aromatic heterocycles. The van der Waals surface area contributed by atoms with Gasteiger partial charge < -0.3 is 4.74 Å². The summed E-state index contributed by atoms with van der Waals surface area (Å²) in [7, 11) is 1.48. The molecule has 0 aliphatic heterocycles. The molecule has 10 nitrogen and oxygen atoms in total. The third kappa shape index (κ3) is 3.56. The van der Waals surface area contributed by atoms with Crippen LogP contribution in [0.25, 0.3) is 16.5 Å². The lowest BCUT2D eigenvalue weighted by Crippen LogP contribution is -2.33. The molecule has 0 aliphatic carbocycles. The van der Waals surface area contributed by atoms with Crippen LogP contribution in [0.1, 0.15) is 5.69 Å². The second-order valence-corrected chi connectivity index (χ2v) is 7.07. The van der Waals surface area contributed by atoms with Gasteiger partial charge in [-0.25, -0.2) is 9.48 Å². The number of ether oxygens (including phenoxy) is 1. The Balaban J connectivity index is 1.84. The van der Waals surface area contributed by atoms with Crippen LogP contribution in [0.4, 0.5) is 0 Å². The Morgan fingerprint density at radius 2 is 1.71 bits per heavy atom. The predicted molar refractivity (Wildman–Crippen MR) is 112 cm³/mol. The lowest BCUT2D eigenvalue weighted by molar-refractivity contribution is 0.448. The van der Waals surface area contributed by atoms with Crippen molar-refractivity contribution in [2.45, 2.75) is 0 Å². The summed E-state index contributed by atoms with van der Waals surface area (Å²) >= 11 is 12.7. The SMILES string of the molecule is Cn1nc(Oc2c(Cl)cc(-n3nc(C#N)c(=O)[nH]c3=O)cc2Cl)c2ccccc2c1=O. The number of aromatic amines is 1. The molecule has 0 saturated heterocycles. The van der Waals surface area contributed by atoms with Crippen molar-refractivity contribution in [3.63, 3.8) is 0 Å². The van der Waals surface area contributed by atoms with Gasteiger partial charge in [-0.15, -0.1) is 10.2 Å². The number of nitrogens with zero attached hydrogens (tertiary/aromatic N) is 5. The van der Waals surface area contributed by atoms with Gasteiger partial charge >= 0.3 is 5.69 Å². The number of benzene rings is 2. The van der Waals surface area contributed by atoms with E-state index in [0.717, 1.165) is 9.36 Å². The summed E-state index contributed by atoms with van der Waals surface area (Å²) in [4.78, 5) is 37.9. The molecule has 2 aromatic carbocycles. The average molecular weight is 457 g/mol. The van der Waals surface area contributed by atoms with E-state index >= 15 is 0 Å². The Labute approximate surface area is 182 Å². The molecule has 0 spiro atoms. The monoisotopic (exact) mass is 456 g/mol. The third-order valence-corrected chi connectivity index (χ3v) is 4.84. The maximum absolute atomic E-state index is 12.3. The number of fused-ring (bicyclic) bond motifs is 1. The highest BCUT2D eigenvalue weighted by Crippen LogP contribution is 2.38. The summed E-state index contributed by atoms with van der Waals surface area (Å²) in [5.74, 6) is 0.127. The second kappa shape index (κ2) is 7.71. The molecule has 1 N–H and O–H groups in total. The molecule has 0 aliphatic rings. The van der Waals surface area contributed by atoms with Gasteiger partial charge in [0.1, 0.15) is 6.07 Å². The first-order valence-electron chi connectivity index (χ1n) is 8.57. The van der Waals surface area contributed by atoms with Crippen molar-refractivity contribution in [3.8, 4) is 23.4 Å². The lowest BCUT2D eigenvalue weighted by atomic mass is 10.2. The van der Waals surface area contributed by atoms with Crippen LogP contribution in [0.3, 0.4) is 0 Å². The zero-order valence-electron chi connectivity index (χ0n) is 15.6. The Morgan fingerprint density at radius 3 is 2.35 bits per heavy atom. The van der Waals surface area contributed by atoms with E-state index in [-0.39, 0.29) is 32.9 Å². The summed E-state index contributed by atoms with van der Waals surface area (Å²) in [5, 5.41) is 17.7. The van der Waals surface area contributed by atoms with E-state index in [9.17, 15) is 14.4 Å². The predicted octanol–water partition coefficient (Wildman–Crippen LogP) is 2.14. The van der Waals surface area contributed by atoms with Crippen molar-refractivity contribution < 1.29 is 4.74 Å². The average Bonchev–Trinajstić information content (AvgIpc) is 2.74. The fraction of sp³-hybridized carbons (Fsp3) is 0.0526. The first-order valence-corrected chi connectivity index (χ1v) is 9.33. The van der Waals surface area contributed by atoms with Crippen molar-refractivity contribution in [1.29, 1.82) is 5.26 Å². The summed E-state index contributed by atoms with van der Waals surface area (Å²) in [6, 6.07) is 11.0. The van der Waals surface area contributed by atoms with Gasteiger partial charge in [0.2, 0.25) is 11.6 Å². The van der Waals surface area contributed by atoms with Crippen molar-refractivity contribution in [1.82, 2.24) is 24.5 Å². The van der Waals surface area contributed by atoms with Crippen molar-refractivity contribution >= 4 is 34.0 Å². The molecule has 12 heteroatoms. The third-order valence-electron chi connectivity index (χ3n) is 4.28. The summed E-state index contributed by atoms with van der Waals surface area (Å²) in [6.07, 6.45) is 0. The second-order valence-electron chi connectivity index (χ2n) is 6.25. The highest BCUT2D eigenvalue weighted by molar-refractivity contribution is 6.37. The highest BCUT2D eigenvalue weighted by Gasteiger charge is 2.17. The minimum absolute atomic E-state index is 0.000594. The van der Waals surface area contributed by atoms with Gasteiger partial charge in [-0.2, -0.15) is 9.94 Å². The number of halogens is 2. The molecular formula is C19H10Cl2N6O4. The van der Waals surface area contributed by atoms with Crippen LogP contribution in [0.5, 0.6) is 11.6 Å². The molecule has 0 fully saturated rings. The molecule has 31 heavy (non-hydrogen) atoms. The fourth-order valence-electron chi connectivity index (χ4n) is 2.85. The van der Waals surface area contributed by atoms with E-state index in [1.807, 2.05) is 4.98 Å². The number of nitrogens with one attached hydrogen (secondary N) is 1. The molecule has 154 valence electrons. The van der Waals surface area contributed by atoms with Crippen LogP contribution in [-0.2, 0) is 7.05 Å². The van der Waals surface area contributed by atoms with Crippen LogP contribution in [0.2, 0.25) is 10.0 Å². The number of aryl methyl sites for hydroxylation is 1. The first kappa shape index (κ1) is 20.3.